The van der Waals surface area contributed by atoms with Crippen LogP contribution in [0, 0.1) is 23.7 Å². The topological polar surface area (TPSA) is 24.1 Å². The van der Waals surface area contributed by atoms with E-state index >= 15 is 0 Å². The highest BCUT2D eigenvalue weighted by Gasteiger charge is 2.38. The lowest BCUT2D eigenvalue weighted by Gasteiger charge is -2.46. The van der Waals surface area contributed by atoms with Gasteiger partial charge in [-0.1, -0.05) is 103 Å². The summed E-state index contributed by atoms with van der Waals surface area (Å²) in [5, 5.41) is 8.75. The molecule has 0 aromatic carbocycles. The lowest BCUT2D eigenvalue weighted by molar-refractivity contribution is 0.107. The van der Waals surface area contributed by atoms with E-state index in [4.69, 9.17) is 0 Å². The average Bonchev–Trinajstić information content (AvgIpc) is 2.87. The summed E-state index contributed by atoms with van der Waals surface area (Å²) in [7, 11) is 0. The molecule has 0 heterocycles. The Labute approximate surface area is 199 Å². The van der Waals surface area contributed by atoms with E-state index in [9.17, 15) is 0 Å². The van der Waals surface area contributed by atoms with E-state index in [2.05, 4.69) is 10.6 Å². The van der Waals surface area contributed by atoms with Gasteiger partial charge in [0, 0.05) is 24.2 Å². The van der Waals surface area contributed by atoms with Crippen LogP contribution < -0.4 is 10.6 Å². The zero-order valence-corrected chi connectivity index (χ0v) is 21.2. The lowest BCUT2D eigenvalue weighted by Crippen LogP contribution is -2.59. The Balaban J connectivity index is 1.22. The van der Waals surface area contributed by atoms with Gasteiger partial charge in [0.1, 0.15) is 0 Å². The van der Waals surface area contributed by atoms with Crippen LogP contribution >= 0.6 is 0 Å². The molecule has 0 saturated heterocycles. The first-order valence-corrected chi connectivity index (χ1v) is 15.4. The van der Waals surface area contributed by atoms with Crippen molar-refractivity contribution in [1.29, 1.82) is 0 Å². The van der Waals surface area contributed by atoms with Crippen molar-refractivity contribution in [2.24, 2.45) is 23.7 Å². The Morgan fingerprint density at radius 1 is 0.281 bits per heavy atom. The molecule has 5 aliphatic rings. The van der Waals surface area contributed by atoms with Gasteiger partial charge in [-0.3, -0.25) is 0 Å². The molecule has 0 aromatic heterocycles. The van der Waals surface area contributed by atoms with Crippen LogP contribution in [0.1, 0.15) is 141 Å². The predicted molar refractivity (Wildman–Crippen MR) is 137 cm³/mol. The van der Waals surface area contributed by atoms with Gasteiger partial charge < -0.3 is 10.6 Å². The van der Waals surface area contributed by atoms with Gasteiger partial charge in [0.25, 0.3) is 0 Å². The highest BCUT2D eigenvalue weighted by atomic mass is 15.1. The standard InChI is InChI=1S/C30H54N2/c1-3-13-23(14-4-1)25-17-7-9-19-27(25)31-29-21-11-12-22-30(29)32-28-20-10-8-18-26(28)24-15-5-2-6-16-24/h23-32H,1-22H2. The van der Waals surface area contributed by atoms with Crippen molar-refractivity contribution in [3.05, 3.63) is 0 Å². The van der Waals surface area contributed by atoms with E-state index < -0.39 is 0 Å². The molecule has 5 saturated carbocycles. The van der Waals surface area contributed by atoms with E-state index in [0.29, 0.717) is 0 Å². The van der Waals surface area contributed by atoms with Crippen molar-refractivity contribution in [3.63, 3.8) is 0 Å². The quantitative estimate of drug-likeness (QED) is 0.439. The SMILES string of the molecule is C1CCC(C2CCCCC2NC2CCCCC2NC2CCCCC2C2CCCCC2)CC1. The summed E-state index contributed by atoms with van der Waals surface area (Å²) in [6.45, 7) is 0. The fraction of sp³-hybridized carbons (Fsp3) is 1.00. The van der Waals surface area contributed by atoms with E-state index in [1.807, 2.05) is 0 Å². The van der Waals surface area contributed by atoms with Gasteiger partial charge in [-0.25, -0.2) is 0 Å². The maximum atomic E-state index is 4.38. The van der Waals surface area contributed by atoms with Crippen LogP contribution in [-0.4, -0.2) is 24.2 Å². The molecule has 2 nitrogen and oxygen atoms in total. The molecule has 0 radical (unpaired) electrons. The summed E-state index contributed by atoms with van der Waals surface area (Å²) >= 11 is 0. The van der Waals surface area contributed by atoms with Crippen molar-refractivity contribution >= 4 is 0 Å². The number of nitrogens with one attached hydrogen (secondary N) is 2. The molecule has 184 valence electrons. The molecular weight excluding hydrogens is 388 g/mol. The predicted octanol–water partition coefficient (Wildman–Crippen LogP) is 7.76. The average molecular weight is 443 g/mol. The summed E-state index contributed by atoms with van der Waals surface area (Å²) in [5.41, 5.74) is 0. The van der Waals surface area contributed by atoms with Gasteiger partial charge in [-0.15, -0.1) is 0 Å². The normalized spacial score (nSPS) is 40.9. The van der Waals surface area contributed by atoms with Gasteiger partial charge in [0.2, 0.25) is 0 Å². The summed E-state index contributed by atoms with van der Waals surface area (Å²) in [5.74, 6) is 4.03. The van der Waals surface area contributed by atoms with Gasteiger partial charge in [0.15, 0.2) is 0 Å². The second-order valence-corrected chi connectivity index (χ2v) is 12.7. The highest BCUT2D eigenvalue weighted by Crippen LogP contribution is 2.41. The van der Waals surface area contributed by atoms with E-state index in [1.165, 1.54) is 141 Å². The Morgan fingerprint density at radius 2 is 0.594 bits per heavy atom. The smallest absolute Gasteiger partial charge is 0.0224 e. The van der Waals surface area contributed by atoms with Crippen LogP contribution in [-0.2, 0) is 0 Å². The van der Waals surface area contributed by atoms with Crippen molar-refractivity contribution in [2.45, 2.75) is 165 Å². The molecule has 2 N–H and O–H groups in total. The Morgan fingerprint density at radius 3 is 1.00 bits per heavy atom. The molecule has 6 unspecified atom stereocenters. The van der Waals surface area contributed by atoms with Crippen molar-refractivity contribution < 1.29 is 0 Å². The number of hydrogen-bond acceptors (Lipinski definition) is 2. The zero-order chi connectivity index (χ0) is 21.6. The zero-order valence-electron chi connectivity index (χ0n) is 21.2. The minimum absolute atomic E-state index is 0.742. The first-order valence-electron chi connectivity index (χ1n) is 15.4. The van der Waals surface area contributed by atoms with Gasteiger partial charge in [-0.05, 0) is 62.2 Å². The molecule has 0 spiro atoms. The molecule has 5 fully saturated rings. The molecule has 0 amide bonds. The minimum atomic E-state index is 0.742. The van der Waals surface area contributed by atoms with Crippen LogP contribution in [0.2, 0.25) is 0 Å². The molecule has 0 aromatic rings. The van der Waals surface area contributed by atoms with Crippen LogP contribution in [0.5, 0.6) is 0 Å². The minimum Gasteiger partial charge on any atom is -0.309 e. The molecule has 0 aliphatic heterocycles. The molecule has 32 heavy (non-hydrogen) atoms. The van der Waals surface area contributed by atoms with Gasteiger partial charge in [-0.2, -0.15) is 0 Å². The van der Waals surface area contributed by atoms with E-state index in [0.717, 1.165) is 47.8 Å². The monoisotopic (exact) mass is 442 g/mol. The number of rotatable bonds is 6. The first kappa shape index (κ1) is 23.7. The third-order valence-corrected chi connectivity index (χ3v) is 10.8. The van der Waals surface area contributed by atoms with E-state index in [-0.39, 0.29) is 0 Å². The third kappa shape index (κ3) is 5.94. The summed E-state index contributed by atoms with van der Waals surface area (Å²) < 4.78 is 0. The lowest BCUT2D eigenvalue weighted by atomic mass is 9.70. The van der Waals surface area contributed by atoms with Crippen LogP contribution in [0.15, 0.2) is 0 Å². The highest BCUT2D eigenvalue weighted by molar-refractivity contribution is 4.96. The summed E-state index contributed by atoms with van der Waals surface area (Å²) in [4.78, 5) is 0. The molecule has 0 bridgehead atoms. The number of hydrogen-bond donors (Lipinski definition) is 2. The Kier molecular flexibility index (Phi) is 8.91. The Bertz CT molecular complexity index is 487. The van der Waals surface area contributed by atoms with Crippen LogP contribution in [0.25, 0.3) is 0 Å². The molecule has 5 aliphatic carbocycles. The fourth-order valence-electron chi connectivity index (χ4n) is 9.07. The third-order valence-electron chi connectivity index (χ3n) is 10.8. The summed E-state index contributed by atoms with van der Waals surface area (Å²) in [6, 6.07) is 3.12. The van der Waals surface area contributed by atoms with Crippen LogP contribution in [0.3, 0.4) is 0 Å². The van der Waals surface area contributed by atoms with Crippen molar-refractivity contribution in [2.75, 3.05) is 0 Å². The second kappa shape index (κ2) is 12.1. The van der Waals surface area contributed by atoms with Gasteiger partial charge >= 0.3 is 0 Å². The fourth-order valence-corrected chi connectivity index (χ4v) is 9.07. The summed E-state index contributed by atoms with van der Waals surface area (Å²) in [6.07, 6.45) is 32.8. The maximum absolute atomic E-state index is 4.38. The largest absolute Gasteiger partial charge is 0.309 e. The molecule has 2 heteroatoms. The Hall–Kier alpha value is -0.0800. The molecular formula is C30H54N2. The first-order chi connectivity index (χ1) is 15.9. The van der Waals surface area contributed by atoms with Crippen molar-refractivity contribution in [1.82, 2.24) is 10.6 Å². The van der Waals surface area contributed by atoms with E-state index in [1.54, 1.807) is 0 Å². The molecule has 5 rings (SSSR count). The van der Waals surface area contributed by atoms with Crippen molar-refractivity contribution in [3.8, 4) is 0 Å². The second-order valence-electron chi connectivity index (χ2n) is 12.7. The van der Waals surface area contributed by atoms with Gasteiger partial charge in [0.05, 0.1) is 0 Å². The van der Waals surface area contributed by atoms with Crippen LogP contribution in [0.4, 0.5) is 0 Å². The molecule has 6 atom stereocenters. The maximum Gasteiger partial charge on any atom is 0.0224 e.